The molecule has 0 unspecified atom stereocenters. The van der Waals surface area contributed by atoms with Crippen molar-refractivity contribution in [1.29, 1.82) is 0 Å². The minimum Gasteiger partial charge on any atom is -0.477 e. The monoisotopic (exact) mass is 1020 g/mol. The van der Waals surface area contributed by atoms with Crippen LogP contribution in [0.4, 0.5) is 15.3 Å². The summed E-state index contributed by atoms with van der Waals surface area (Å²) in [6.07, 6.45) is 2.72. The minimum atomic E-state index is -4.16. The Morgan fingerprint density at radius 3 is 2.21 bits per heavy atom. The largest absolute Gasteiger partial charge is 0.477 e. The number of β-lactam (4-membered cyclic amide) rings is 1. The van der Waals surface area contributed by atoms with E-state index < -0.39 is 99.3 Å². The summed E-state index contributed by atoms with van der Waals surface area (Å²) in [5, 5.41) is 35.7. The van der Waals surface area contributed by atoms with Gasteiger partial charge in [0.15, 0.2) is 0 Å². The molecule has 24 nitrogen and oxygen atoms in total. The molecule has 1 aromatic carbocycles. The fourth-order valence-electron chi connectivity index (χ4n) is 8.80. The van der Waals surface area contributed by atoms with E-state index in [2.05, 4.69) is 26.0 Å². The number of carboxylic acids is 1. The van der Waals surface area contributed by atoms with Crippen LogP contribution < -0.4 is 36.9 Å². The molecular formula is C44H62N10O14S2. The number of ether oxygens (including phenoxy) is 1. The van der Waals surface area contributed by atoms with Gasteiger partial charge in [0.1, 0.15) is 24.4 Å². The van der Waals surface area contributed by atoms with Gasteiger partial charge in [-0.2, -0.15) is 8.42 Å². The van der Waals surface area contributed by atoms with E-state index in [1.165, 1.54) is 52.8 Å². The molecule has 0 aliphatic carbocycles. The molecular weight excluding hydrogens is 957 g/mol. The number of carbonyl (C=O) groups excluding carboxylic acids is 8. The molecule has 0 bridgehead atoms. The first-order valence-corrected chi connectivity index (χ1v) is 25.3. The molecule has 4 aliphatic rings. The molecule has 9 amide bonds. The number of nitrogens with one attached hydrogen (secondary N) is 5. The topological polar surface area (TPSA) is 359 Å². The number of aliphatic hydroxyl groups is 1. The quantitative estimate of drug-likeness (QED) is 0.0352. The number of carbonyl (C=O) groups is 9. The number of primary amides is 1. The standard InChI is InChI=1S/C44H62N10O14S2/c1-23(2)35(51-31(56)10-6-5-7-18-52-32(57)15-16-33(52)58)40(60)50-30(9-8-17-47-43(45)64)39(59)49-27-13-11-26(12-14-27)22-68-44(65)53-21-29(19-28(53)20-48-70(46,66)67)69-38-24(3)36-34(25(4)55)41(61)54(36)37(38)42(62)63/h11-16,23-25,28-30,34-36,48,55H,5-10,17-22H2,1-4H3,(H,49,59)(H,50,60)(H,51,56)(H,62,63)(H3,45,47,64)(H2,46,66,67)/t24-,25-,28+,29+,30+,34-,35+,36-/m1/s1. The van der Waals surface area contributed by atoms with Crippen molar-refractivity contribution in [2.45, 2.75) is 115 Å². The fraction of sp³-hybridized carbons (Fsp3) is 0.568. The van der Waals surface area contributed by atoms with Crippen molar-refractivity contribution in [1.82, 2.24) is 35.4 Å². The van der Waals surface area contributed by atoms with Crippen molar-refractivity contribution in [3.63, 3.8) is 0 Å². The molecule has 2 fully saturated rings. The van der Waals surface area contributed by atoms with Gasteiger partial charge in [-0.05, 0) is 62.6 Å². The van der Waals surface area contributed by atoms with E-state index in [1.807, 2.05) is 0 Å². The first kappa shape index (κ1) is 54.8. The maximum Gasteiger partial charge on any atom is 0.410 e. The molecule has 4 heterocycles. The van der Waals surface area contributed by atoms with Gasteiger partial charge in [-0.25, -0.2) is 24.2 Å². The number of amides is 9. The Morgan fingerprint density at radius 2 is 1.61 bits per heavy atom. The highest BCUT2D eigenvalue weighted by molar-refractivity contribution is 8.03. The number of thioether (sulfide) groups is 1. The third-order valence-corrected chi connectivity index (χ3v) is 14.4. The lowest BCUT2D eigenvalue weighted by Crippen LogP contribution is -2.63. The number of aliphatic carboxylic acids is 1. The number of fused-ring (bicyclic) bond motifs is 1. The number of carboxylic acid groups (broad SMARTS) is 1. The van der Waals surface area contributed by atoms with Gasteiger partial charge in [-0.1, -0.05) is 39.3 Å². The molecule has 384 valence electrons. The van der Waals surface area contributed by atoms with Crippen LogP contribution in [0.25, 0.3) is 0 Å². The molecule has 0 saturated carbocycles. The summed E-state index contributed by atoms with van der Waals surface area (Å²) in [5.74, 6) is -5.76. The second kappa shape index (κ2) is 24.2. The third-order valence-electron chi connectivity index (χ3n) is 12.4. The van der Waals surface area contributed by atoms with E-state index in [1.54, 1.807) is 32.9 Å². The number of nitrogens with two attached hydrogens (primary N) is 2. The summed E-state index contributed by atoms with van der Waals surface area (Å²) in [4.78, 5) is 118. The van der Waals surface area contributed by atoms with Crippen molar-refractivity contribution >= 4 is 81.2 Å². The normalized spacial score (nSPS) is 22.1. The first-order chi connectivity index (χ1) is 33.0. The Bertz CT molecular complexity index is 2340. The summed E-state index contributed by atoms with van der Waals surface area (Å²) in [6.45, 7) is 6.57. The Balaban J connectivity index is 1.17. The van der Waals surface area contributed by atoms with Crippen molar-refractivity contribution in [3.8, 4) is 0 Å². The summed E-state index contributed by atoms with van der Waals surface area (Å²) >= 11 is 1.18. The average Bonchev–Trinajstić information content (AvgIpc) is 3.92. The van der Waals surface area contributed by atoms with Crippen LogP contribution in [-0.4, -0.2) is 149 Å². The van der Waals surface area contributed by atoms with Gasteiger partial charge in [0.2, 0.25) is 23.6 Å². The first-order valence-electron chi connectivity index (χ1n) is 22.9. The molecule has 0 radical (unpaired) electrons. The van der Waals surface area contributed by atoms with Crippen LogP contribution in [0.1, 0.15) is 78.2 Å². The number of hydrogen-bond donors (Lipinski definition) is 9. The Hall–Kier alpha value is -6.09. The maximum atomic E-state index is 13.7. The van der Waals surface area contributed by atoms with E-state index in [0.717, 1.165) is 4.90 Å². The van der Waals surface area contributed by atoms with Crippen molar-refractivity contribution in [3.05, 3.63) is 52.6 Å². The Kier molecular flexibility index (Phi) is 18.9. The maximum absolute atomic E-state index is 13.7. The van der Waals surface area contributed by atoms with E-state index in [-0.39, 0.29) is 81.9 Å². The molecule has 2 saturated heterocycles. The number of urea groups is 1. The SMILES string of the molecule is CC(C)[C@H](NC(=O)CCCCCN1C(=O)C=CC1=O)C(=O)N[C@@H](CCCNC(N)=O)C(=O)Nc1ccc(COC(=O)N2C[C@@H](SC3=C(C(=O)O)N4C(=O)[C@H]([C@@H](C)O)[C@H]4[C@H]3C)C[C@H]2CNS(N)(=O)=O)cc1. The molecule has 5 rings (SSSR count). The highest BCUT2D eigenvalue weighted by atomic mass is 32.2. The van der Waals surface area contributed by atoms with E-state index in [9.17, 15) is 61.8 Å². The van der Waals surface area contributed by atoms with Crippen LogP contribution in [0.2, 0.25) is 0 Å². The molecule has 11 N–H and O–H groups in total. The van der Waals surface area contributed by atoms with Crippen molar-refractivity contribution in [2.24, 2.45) is 28.6 Å². The lowest BCUT2D eigenvalue weighted by molar-refractivity contribution is -0.163. The lowest BCUT2D eigenvalue weighted by Gasteiger charge is -2.46. The predicted octanol–water partition coefficient (Wildman–Crippen LogP) is -0.0559. The number of nitrogens with zero attached hydrogens (tertiary/aromatic N) is 3. The van der Waals surface area contributed by atoms with Crippen LogP contribution in [0.3, 0.4) is 0 Å². The van der Waals surface area contributed by atoms with Crippen molar-refractivity contribution in [2.75, 3.05) is 31.5 Å². The second-order valence-electron chi connectivity index (χ2n) is 17.9. The number of benzene rings is 1. The predicted molar refractivity (Wildman–Crippen MR) is 252 cm³/mol. The van der Waals surface area contributed by atoms with Gasteiger partial charge >= 0.3 is 18.1 Å². The van der Waals surface area contributed by atoms with Crippen LogP contribution in [0.5, 0.6) is 0 Å². The summed E-state index contributed by atoms with van der Waals surface area (Å²) < 4.78 is 31.5. The van der Waals surface area contributed by atoms with Crippen LogP contribution >= 0.6 is 11.8 Å². The molecule has 70 heavy (non-hydrogen) atoms. The van der Waals surface area contributed by atoms with Crippen LogP contribution in [-0.2, 0) is 55.1 Å². The second-order valence-corrected chi connectivity index (χ2v) is 20.7. The lowest BCUT2D eigenvalue weighted by atomic mass is 9.79. The number of likely N-dealkylation sites (tertiary alicyclic amines) is 1. The van der Waals surface area contributed by atoms with Crippen LogP contribution in [0.15, 0.2) is 47.0 Å². The Labute approximate surface area is 409 Å². The van der Waals surface area contributed by atoms with Crippen molar-refractivity contribution < 1.29 is 66.5 Å². The number of hydrogen-bond acceptors (Lipinski definition) is 14. The average molecular weight is 1020 g/mol. The summed E-state index contributed by atoms with van der Waals surface area (Å²) in [7, 11) is -4.16. The number of anilines is 1. The van der Waals surface area contributed by atoms with Gasteiger partial charge in [0.25, 0.3) is 22.0 Å². The number of imide groups is 1. The molecule has 4 aliphatic heterocycles. The van der Waals surface area contributed by atoms with Gasteiger partial charge in [0, 0.05) is 72.6 Å². The molecule has 1 aromatic rings. The van der Waals surface area contributed by atoms with Gasteiger partial charge in [-0.15, -0.1) is 11.8 Å². The molecule has 8 atom stereocenters. The number of aliphatic hydroxyl groups excluding tert-OH is 1. The zero-order valence-electron chi connectivity index (χ0n) is 39.3. The van der Waals surface area contributed by atoms with Gasteiger partial charge in [-0.3, -0.25) is 33.7 Å². The van der Waals surface area contributed by atoms with E-state index >= 15 is 0 Å². The number of unbranched alkanes of at least 4 members (excludes halogenated alkanes) is 2. The van der Waals surface area contributed by atoms with E-state index in [4.69, 9.17) is 15.6 Å². The zero-order valence-corrected chi connectivity index (χ0v) is 40.9. The molecule has 0 aromatic heterocycles. The highest BCUT2D eigenvalue weighted by Crippen LogP contribution is 2.52. The Morgan fingerprint density at radius 1 is 0.943 bits per heavy atom. The van der Waals surface area contributed by atoms with Gasteiger partial charge in [0.05, 0.1) is 18.1 Å². The van der Waals surface area contributed by atoms with Crippen LogP contribution in [0, 0.1) is 17.8 Å². The zero-order chi connectivity index (χ0) is 51.6. The third kappa shape index (κ3) is 14.3. The summed E-state index contributed by atoms with van der Waals surface area (Å²) in [6, 6.07) is 2.05. The number of rotatable bonds is 25. The highest BCUT2D eigenvalue weighted by Gasteiger charge is 2.60. The smallest absolute Gasteiger partial charge is 0.410 e. The molecule has 26 heteroatoms. The minimum absolute atomic E-state index is 0.0285. The van der Waals surface area contributed by atoms with E-state index in [0.29, 0.717) is 35.4 Å². The molecule has 0 spiro atoms. The van der Waals surface area contributed by atoms with Gasteiger partial charge < -0.3 is 51.8 Å². The fourth-order valence-corrected chi connectivity index (χ4v) is 10.8. The summed E-state index contributed by atoms with van der Waals surface area (Å²) in [5.41, 5.74) is 5.82.